The monoisotopic (exact) mass is 447 g/mol. The van der Waals surface area contributed by atoms with Crippen molar-refractivity contribution in [3.8, 4) is 5.75 Å². The average Bonchev–Trinajstić information content (AvgIpc) is 3.40. The first-order valence-electron chi connectivity index (χ1n) is 10.4. The van der Waals surface area contributed by atoms with Gasteiger partial charge in [0.2, 0.25) is 0 Å². The van der Waals surface area contributed by atoms with E-state index < -0.39 is 17.7 Å². The zero-order valence-electron chi connectivity index (χ0n) is 18.5. The molecule has 2 aromatic carbocycles. The number of nitrogens with zero attached hydrogens (tertiary/aromatic N) is 1. The van der Waals surface area contributed by atoms with Gasteiger partial charge in [-0.25, -0.2) is 0 Å². The van der Waals surface area contributed by atoms with Gasteiger partial charge in [0.15, 0.2) is 0 Å². The number of carbonyl (C=O) groups is 2. The smallest absolute Gasteiger partial charge is 0.300 e. The Hall–Kier alpha value is -3.38. The molecular weight excluding hydrogens is 422 g/mol. The summed E-state index contributed by atoms with van der Waals surface area (Å²) < 4.78 is 5.44. The van der Waals surface area contributed by atoms with Gasteiger partial charge in [0, 0.05) is 16.1 Å². The summed E-state index contributed by atoms with van der Waals surface area (Å²) in [6.45, 7) is 6.03. The third kappa shape index (κ3) is 3.71. The van der Waals surface area contributed by atoms with Gasteiger partial charge in [-0.1, -0.05) is 37.6 Å². The van der Waals surface area contributed by atoms with Crippen molar-refractivity contribution < 1.29 is 19.4 Å². The number of amides is 1. The molecule has 3 aromatic rings. The molecule has 1 unspecified atom stereocenters. The van der Waals surface area contributed by atoms with Gasteiger partial charge in [-0.2, -0.15) is 0 Å². The highest BCUT2D eigenvalue weighted by molar-refractivity contribution is 7.10. The molecule has 5 nitrogen and oxygen atoms in total. The third-order valence-electron chi connectivity index (χ3n) is 5.69. The molecule has 1 aliphatic heterocycles. The number of Topliss-reactive ketones (excluding diaryl/α,β-unsaturated/α-hetero) is 1. The molecule has 164 valence electrons. The molecular formula is C26H25NO4S. The maximum atomic E-state index is 13.2. The summed E-state index contributed by atoms with van der Waals surface area (Å²) in [5.74, 6) is -0.650. The number of hydrogen-bond acceptors (Lipinski definition) is 5. The number of thiophene rings is 1. The lowest BCUT2D eigenvalue weighted by Crippen LogP contribution is -2.29. The molecule has 0 radical (unpaired) electrons. The van der Waals surface area contributed by atoms with Crippen LogP contribution < -0.4 is 9.64 Å². The Morgan fingerprint density at radius 2 is 1.81 bits per heavy atom. The van der Waals surface area contributed by atoms with Crippen LogP contribution in [0.1, 0.15) is 47.4 Å². The van der Waals surface area contributed by atoms with Crippen LogP contribution >= 0.6 is 11.3 Å². The van der Waals surface area contributed by atoms with Gasteiger partial charge in [0.25, 0.3) is 11.7 Å². The standard InChI is InChI=1S/C26H25NO4S/c1-15(2)19-14-17(9-12-20(19)31-4)24(28)22-23(21-6-5-13-32-21)27(26(30)25(22)29)18-10-7-16(3)8-11-18/h5-15,23,28H,1-4H3/b24-22-. The number of ether oxygens (including phenoxy) is 1. The van der Waals surface area contributed by atoms with Crippen molar-refractivity contribution in [1.29, 1.82) is 0 Å². The van der Waals surface area contributed by atoms with Crippen LogP contribution in [0.4, 0.5) is 5.69 Å². The number of carbonyl (C=O) groups excluding carboxylic acids is 2. The molecule has 4 rings (SSSR count). The summed E-state index contributed by atoms with van der Waals surface area (Å²) in [5, 5.41) is 13.2. The number of benzene rings is 2. The van der Waals surface area contributed by atoms with Crippen LogP contribution in [0.5, 0.6) is 5.75 Å². The molecule has 1 saturated heterocycles. The van der Waals surface area contributed by atoms with Gasteiger partial charge in [-0.15, -0.1) is 11.3 Å². The van der Waals surface area contributed by atoms with Crippen molar-refractivity contribution in [2.24, 2.45) is 0 Å². The quantitative estimate of drug-likeness (QED) is 0.304. The van der Waals surface area contributed by atoms with Gasteiger partial charge in [-0.05, 0) is 60.2 Å². The van der Waals surface area contributed by atoms with Crippen molar-refractivity contribution in [1.82, 2.24) is 0 Å². The van der Waals surface area contributed by atoms with E-state index in [-0.39, 0.29) is 17.3 Å². The molecule has 1 aromatic heterocycles. The van der Waals surface area contributed by atoms with Crippen molar-refractivity contribution in [2.75, 3.05) is 12.0 Å². The SMILES string of the molecule is COc1ccc(/C(O)=C2/C(=O)C(=O)N(c3ccc(C)cc3)C2c2cccs2)cc1C(C)C. The Labute approximate surface area is 191 Å². The molecule has 0 aliphatic carbocycles. The predicted octanol–water partition coefficient (Wildman–Crippen LogP) is 5.81. The lowest BCUT2D eigenvalue weighted by Gasteiger charge is -2.24. The van der Waals surface area contributed by atoms with Gasteiger partial charge in [-0.3, -0.25) is 14.5 Å². The molecule has 6 heteroatoms. The predicted molar refractivity (Wildman–Crippen MR) is 127 cm³/mol. The minimum absolute atomic E-state index is 0.0953. The Balaban J connectivity index is 1.91. The van der Waals surface area contributed by atoms with Gasteiger partial charge >= 0.3 is 0 Å². The molecule has 1 atom stereocenters. The fourth-order valence-electron chi connectivity index (χ4n) is 4.01. The highest BCUT2D eigenvalue weighted by Crippen LogP contribution is 2.44. The molecule has 0 bridgehead atoms. The van der Waals surface area contributed by atoms with Crippen molar-refractivity contribution >= 4 is 34.5 Å². The first kappa shape index (κ1) is 21.8. The molecule has 0 saturated carbocycles. The van der Waals surface area contributed by atoms with Crippen molar-refractivity contribution in [3.63, 3.8) is 0 Å². The highest BCUT2D eigenvalue weighted by atomic mass is 32.1. The average molecular weight is 448 g/mol. The fraction of sp³-hybridized carbons (Fsp3) is 0.231. The van der Waals surface area contributed by atoms with Gasteiger partial charge < -0.3 is 9.84 Å². The van der Waals surface area contributed by atoms with Gasteiger partial charge in [0.1, 0.15) is 17.6 Å². The van der Waals surface area contributed by atoms with E-state index in [0.717, 1.165) is 16.0 Å². The zero-order valence-corrected chi connectivity index (χ0v) is 19.3. The summed E-state index contributed by atoms with van der Waals surface area (Å²) in [6, 6.07) is 15.8. The number of aliphatic hydroxyl groups is 1. The molecule has 1 fully saturated rings. The number of aliphatic hydroxyl groups excluding tert-OH is 1. The molecule has 1 aliphatic rings. The van der Waals surface area contributed by atoms with E-state index in [1.807, 2.05) is 68.6 Å². The van der Waals surface area contributed by atoms with Crippen LogP contribution in [-0.2, 0) is 9.59 Å². The van der Waals surface area contributed by atoms with E-state index in [4.69, 9.17) is 4.74 Å². The fourth-order valence-corrected chi connectivity index (χ4v) is 4.83. The number of aryl methyl sites for hydroxylation is 1. The normalized spacial score (nSPS) is 17.9. The summed E-state index contributed by atoms with van der Waals surface area (Å²) in [6.07, 6.45) is 0. The second kappa shape index (κ2) is 8.63. The molecule has 0 spiro atoms. The van der Waals surface area contributed by atoms with Crippen LogP contribution in [0.3, 0.4) is 0 Å². The van der Waals surface area contributed by atoms with E-state index in [1.165, 1.54) is 16.2 Å². The maximum Gasteiger partial charge on any atom is 0.300 e. The molecule has 1 amide bonds. The van der Waals surface area contributed by atoms with Crippen LogP contribution in [-0.4, -0.2) is 23.9 Å². The van der Waals surface area contributed by atoms with Crippen LogP contribution in [0.15, 0.2) is 65.6 Å². The molecule has 1 N–H and O–H groups in total. The Bertz CT molecular complexity index is 1190. The number of hydrogen-bond donors (Lipinski definition) is 1. The Kier molecular flexibility index (Phi) is 5.89. The van der Waals surface area contributed by atoms with Crippen molar-refractivity contribution in [2.45, 2.75) is 32.7 Å². The lowest BCUT2D eigenvalue weighted by atomic mass is 9.95. The first-order valence-corrected chi connectivity index (χ1v) is 11.3. The van der Waals surface area contributed by atoms with E-state index >= 15 is 0 Å². The Morgan fingerprint density at radius 3 is 2.41 bits per heavy atom. The first-order chi connectivity index (χ1) is 15.3. The number of rotatable bonds is 5. The number of methoxy groups -OCH3 is 1. The van der Waals surface area contributed by atoms with Crippen LogP contribution in [0.25, 0.3) is 5.76 Å². The topological polar surface area (TPSA) is 66.8 Å². The molecule has 32 heavy (non-hydrogen) atoms. The Morgan fingerprint density at radius 1 is 1.09 bits per heavy atom. The van der Waals surface area contributed by atoms with Crippen molar-refractivity contribution in [3.05, 3.63) is 87.1 Å². The van der Waals surface area contributed by atoms with E-state index in [1.54, 1.807) is 19.2 Å². The highest BCUT2D eigenvalue weighted by Gasteiger charge is 2.47. The second-order valence-electron chi connectivity index (χ2n) is 8.13. The van der Waals surface area contributed by atoms with E-state index in [2.05, 4.69) is 0 Å². The van der Waals surface area contributed by atoms with Crippen LogP contribution in [0.2, 0.25) is 0 Å². The summed E-state index contributed by atoms with van der Waals surface area (Å²) >= 11 is 1.44. The number of ketones is 1. The zero-order chi connectivity index (χ0) is 23.0. The van der Waals surface area contributed by atoms with E-state index in [0.29, 0.717) is 17.0 Å². The molecule has 2 heterocycles. The van der Waals surface area contributed by atoms with Gasteiger partial charge in [0.05, 0.1) is 12.7 Å². The largest absolute Gasteiger partial charge is 0.507 e. The van der Waals surface area contributed by atoms with E-state index in [9.17, 15) is 14.7 Å². The second-order valence-corrected chi connectivity index (χ2v) is 9.11. The summed E-state index contributed by atoms with van der Waals surface area (Å²) in [5.41, 5.74) is 3.16. The summed E-state index contributed by atoms with van der Waals surface area (Å²) in [7, 11) is 1.60. The van der Waals surface area contributed by atoms with Crippen LogP contribution in [0, 0.1) is 6.92 Å². The number of anilines is 1. The third-order valence-corrected chi connectivity index (χ3v) is 6.62. The minimum Gasteiger partial charge on any atom is -0.507 e. The minimum atomic E-state index is -0.692. The maximum absolute atomic E-state index is 13.2. The lowest BCUT2D eigenvalue weighted by molar-refractivity contribution is -0.132. The summed E-state index contributed by atoms with van der Waals surface area (Å²) in [4.78, 5) is 28.6.